The average molecular weight is 417 g/mol. The van der Waals surface area contributed by atoms with E-state index in [0.717, 1.165) is 12.8 Å². The number of hydrogen-bond acceptors (Lipinski definition) is 3. The zero-order chi connectivity index (χ0) is 20.1. The molecule has 0 amide bonds. The molecule has 0 heterocycles. The molecule has 0 saturated heterocycles. The summed E-state index contributed by atoms with van der Waals surface area (Å²) < 4.78 is 26.9. The third-order valence-corrected chi connectivity index (χ3v) is 4.75. The van der Waals surface area contributed by atoms with Crippen LogP contribution in [0.2, 0.25) is 0 Å². The molecule has 0 aliphatic rings. The van der Waals surface area contributed by atoms with Crippen molar-refractivity contribution in [2.24, 2.45) is 0 Å². The van der Waals surface area contributed by atoms with E-state index in [9.17, 15) is 13.2 Å². The molecular formula is C20H41NaO5S. The van der Waals surface area contributed by atoms with Crippen LogP contribution in [-0.2, 0) is 14.9 Å². The van der Waals surface area contributed by atoms with Gasteiger partial charge in [0.15, 0.2) is 0 Å². The summed E-state index contributed by atoms with van der Waals surface area (Å²) in [4.78, 5) is 10.3. The molecule has 0 rings (SSSR count). The van der Waals surface area contributed by atoms with Crippen LogP contribution in [0.1, 0.15) is 105 Å². The number of carboxylic acids is 1. The van der Waals surface area contributed by atoms with Gasteiger partial charge in [0.1, 0.15) is 0 Å². The topological polar surface area (TPSA) is 91.7 Å². The SMILES string of the molecule is CCCCCCCC/C=C\CCCCCCCC(=O)O.CCS(=O)(=O)O.[H-].[Na+]. The Morgan fingerprint density at radius 2 is 1.19 bits per heavy atom. The van der Waals surface area contributed by atoms with Gasteiger partial charge < -0.3 is 6.53 Å². The molecule has 0 aromatic rings. The van der Waals surface area contributed by atoms with Crippen LogP contribution >= 0.6 is 0 Å². The Kier molecular flexibility index (Phi) is 28.5. The van der Waals surface area contributed by atoms with Crippen LogP contribution in [0.5, 0.6) is 0 Å². The van der Waals surface area contributed by atoms with Gasteiger partial charge in [0.25, 0.3) is 10.1 Å². The number of unbranched alkanes of at least 4 members (excludes halogenated alkanes) is 11. The van der Waals surface area contributed by atoms with Crippen LogP contribution < -0.4 is 29.6 Å². The van der Waals surface area contributed by atoms with Crippen LogP contribution in [0.4, 0.5) is 0 Å². The number of aliphatic carboxylic acids is 1. The number of rotatable bonds is 16. The molecule has 0 fully saturated rings. The van der Waals surface area contributed by atoms with E-state index in [1.54, 1.807) is 0 Å². The third kappa shape index (κ3) is 37.5. The van der Waals surface area contributed by atoms with Crippen molar-refractivity contribution >= 4 is 16.1 Å². The molecular weight excluding hydrogens is 375 g/mol. The first kappa shape index (κ1) is 31.8. The van der Waals surface area contributed by atoms with Crippen molar-refractivity contribution < 1.29 is 53.9 Å². The van der Waals surface area contributed by atoms with Crippen molar-refractivity contribution in [1.29, 1.82) is 0 Å². The van der Waals surface area contributed by atoms with Gasteiger partial charge in [-0.1, -0.05) is 70.4 Å². The maximum atomic E-state index is 10.3. The molecule has 0 aliphatic carbocycles. The Morgan fingerprint density at radius 3 is 1.56 bits per heavy atom. The van der Waals surface area contributed by atoms with Gasteiger partial charge in [0.05, 0.1) is 5.75 Å². The van der Waals surface area contributed by atoms with Crippen molar-refractivity contribution in [3.8, 4) is 0 Å². The molecule has 0 radical (unpaired) electrons. The van der Waals surface area contributed by atoms with Crippen LogP contribution in [-0.4, -0.2) is 29.8 Å². The van der Waals surface area contributed by atoms with Gasteiger partial charge in [-0.25, -0.2) is 0 Å². The van der Waals surface area contributed by atoms with Crippen molar-refractivity contribution in [3.63, 3.8) is 0 Å². The summed E-state index contributed by atoms with van der Waals surface area (Å²) in [7, 11) is -3.66. The zero-order valence-electron chi connectivity index (χ0n) is 18.8. The van der Waals surface area contributed by atoms with E-state index in [1.807, 2.05) is 0 Å². The largest absolute Gasteiger partial charge is 1.00 e. The monoisotopic (exact) mass is 416 g/mol. The second-order valence-corrected chi connectivity index (χ2v) is 8.34. The molecule has 7 heteroatoms. The van der Waals surface area contributed by atoms with Gasteiger partial charge in [0, 0.05) is 6.42 Å². The summed E-state index contributed by atoms with van der Waals surface area (Å²) in [5, 5.41) is 8.51. The van der Waals surface area contributed by atoms with Gasteiger partial charge in [0.2, 0.25) is 0 Å². The van der Waals surface area contributed by atoms with Gasteiger partial charge in [-0.15, -0.1) is 0 Å². The molecule has 0 aliphatic heterocycles. The maximum Gasteiger partial charge on any atom is 1.00 e. The minimum atomic E-state index is -3.66. The van der Waals surface area contributed by atoms with E-state index in [1.165, 1.54) is 77.6 Å². The quantitative estimate of drug-likeness (QED) is 0.175. The minimum Gasteiger partial charge on any atom is -1.00 e. The fraction of sp³-hybridized carbons (Fsp3) is 0.850. The molecule has 0 unspecified atom stereocenters. The number of hydrogen-bond donors (Lipinski definition) is 2. The van der Waals surface area contributed by atoms with Crippen molar-refractivity contribution in [2.45, 2.75) is 104 Å². The van der Waals surface area contributed by atoms with Gasteiger partial charge >= 0.3 is 35.5 Å². The molecule has 0 atom stereocenters. The second kappa shape index (κ2) is 24.2. The van der Waals surface area contributed by atoms with Gasteiger partial charge in [-0.2, -0.15) is 8.42 Å². The van der Waals surface area contributed by atoms with Crippen LogP contribution in [0, 0.1) is 0 Å². The zero-order valence-corrected chi connectivity index (χ0v) is 20.6. The molecule has 0 aromatic carbocycles. The van der Waals surface area contributed by atoms with E-state index < -0.39 is 16.1 Å². The van der Waals surface area contributed by atoms with Crippen molar-refractivity contribution in [1.82, 2.24) is 0 Å². The fourth-order valence-electron chi connectivity index (χ4n) is 2.35. The minimum absolute atomic E-state index is 0. The first-order chi connectivity index (χ1) is 12.3. The smallest absolute Gasteiger partial charge is 1.00 e. The van der Waals surface area contributed by atoms with Crippen molar-refractivity contribution in [2.75, 3.05) is 5.75 Å². The van der Waals surface area contributed by atoms with Crippen LogP contribution in [0.15, 0.2) is 12.2 Å². The molecule has 5 nitrogen and oxygen atoms in total. The molecule has 27 heavy (non-hydrogen) atoms. The average Bonchev–Trinajstić information content (AvgIpc) is 2.58. The summed E-state index contributed by atoms with van der Waals surface area (Å²) in [5.74, 6) is -0.866. The van der Waals surface area contributed by atoms with Crippen LogP contribution in [0.3, 0.4) is 0 Å². The molecule has 2 N–H and O–H groups in total. The molecule has 0 bridgehead atoms. The first-order valence-electron chi connectivity index (χ1n) is 10.1. The Morgan fingerprint density at radius 1 is 0.815 bits per heavy atom. The standard InChI is InChI=1S/C18H34O2.C2H6O3S.Na.H/c1-2-3-4-5-6-7-8-9-10-11-12-13-14-15-16-17-18(19)20;1-2-6(3,4)5;;/h9-10H,2-8,11-17H2,1H3,(H,19,20);2H2,1H3,(H,3,4,5);;/q;;+1;-1/b10-9-;;;. The Balaban J connectivity index is -0.000000312. The summed E-state index contributed by atoms with van der Waals surface area (Å²) in [6.07, 6.45) is 21.2. The van der Waals surface area contributed by atoms with E-state index in [0.29, 0.717) is 6.42 Å². The first-order valence-corrected chi connectivity index (χ1v) is 11.8. The predicted octanol–water partition coefficient (Wildman–Crippen LogP) is 3.12. The fourth-order valence-corrected chi connectivity index (χ4v) is 2.35. The third-order valence-electron chi connectivity index (χ3n) is 4.02. The van der Waals surface area contributed by atoms with E-state index >= 15 is 0 Å². The summed E-state index contributed by atoms with van der Waals surface area (Å²) in [6.45, 7) is 3.63. The number of allylic oxidation sites excluding steroid dienone is 2. The number of carboxylic acid groups (broad SMARTS) is 1. The van der Waals surface area contributed by atoms with E-state index in [4.69, 9.17) is 9.66 Å². The maximum absolute atomic E-state index is 10.3. The molecule has 0 aromatic heterocycles. The molecule has 0 spiro atoms. The normalized spacial score (nSPS) is 10.9. The molecule has 0 saturated carbocycles. The molecule has 158 valence electrons. The predicted molar refractivity (Wildman–Crippen MR) is 110 cm³/mol. The Hall–Kier alpha value is 0.120. The van der Waals surface area contributed by atoms with Gasteiger partial charge in [-0.3, -0.25) is 9.35 Å². The summed E-state index contributed by atoms with van der Waals surface area (Å²) in [5.41, 5.74) is 0. The van der Waals surface area contributed by atoms with E-state index in [2.05, 4.69) is 19.1 Å². The Bertz CT molecular complexity index is 442. The van der Waals surface area contributed by atoms with Crippen molar-refractivity contribution in [3.05, 3.63) is 12.2 Å². The van der Waals surface area contributed by atoms with E-state index in [-0.39, 0.29) is 36.7 Å². The Labute approximate surface area is 190 Å². The summed E-state index contributed by atoms with van der Waals surface area (Å²) >= 11 is 0. The van der Waals surface area contributed by atoms with Crippen LogP contribution in [0.25, 0.3) is 0 Å². The number of carbonyl (C=O) groups is 1. The van der Waals surface area contributed by atoms with Gasteiger partial charge in [-0.05, 0) is 39.0 Å². The summed E-state index contributed by atoms with van der Waals surface area (Å²) in [6, 6.07) is 0. The second-order valence-electron chi connectivity index (χ2n) is 6.60.